The Morgan fingerprint density at radius 2 is 1.74 bits per heavy atom. The van der Waals surface area contributed by atoms with E-state index in [1.807, 2.05) is 6.08 Å². The molecule has 106 valence electrons. The van der Waals surface area contributed by atoms with Crippen molar-refractivity contribution in [3.05, 3.63) is 42.0 Å². The van der Waals surface area contributed by atoms with Gasteiger partial charge in [0.05, 0.1) is 6.10 Å². The Hall–Kier alpha value is -0.903. The molecule has 0 saturated heterocycles. The lowest BCUT2D eigenvalue weighted by molar-refractivity contribution is 0.126. The summed E-state index contributed by atoms with van der Waals surface area (Å²) in [6, 6.07) is 10.4. The van der Waals surface area contributed by atoms with Crippen LogP contribution in [0, 0.1) is 0 Å². The van der Waals surface area contributed by atoms with Gasteiger partial charge in [-0.25, -0.2) is 0 Å². The van der Waals surface area contributed by atoms with E-state index in [1.165, 1.54) is 5.56 Å². The number of hydrogen-bond acceptors (Lipinski definition) is 2. The second kappa shape index (κ2) is 7.63. The van der Waals surface area contributed by atoms with Gasteiger partial charge in [0.25, 0.3) is 0 Å². The summed E-state index contributed by atoms with van der Waals surface area (Å²) >= 11 is 0. The third-order valence-electron chi connectivity index (χ3n) is 3.72. The molecule has 1 aromatic carbocycles. The lowest BCUT2D eigenvalue weighted by Crippen LogP contribution is -2.40. The van der Waals surface area contributed by atoms with E-state index >= 15 is 0 Å². The van der Waals surface area contributed by atoms with E-state index in [0.717, 1.165) is 24.1 Å². The van der Waals surface area contributed by atoms with Crippen LogP contribution in [0.5, 0.6) is 0 Å². The molecule has 0 fully saturated rings. The molecule has 1 unspecified atom stereocenters. The molecule has 1 atom stereocenters. The second-order valence-electron chi connectivity index (χ2n) is 4.71. The summed E-state index contributed by atoms with van der Waals surface area (Å²) in [5.41, 5.74) is 2.36. The molecular formula is C16H26O2Si. The highest BCUT2D eigenvalue weighted by atomic mass is 28.4. The fraction of sp³-hybridized carbons (Fsp3) is 0.500. The third-order valence-corrected chi connectivity index (χ3v) is 7.33. The van der Waals surface area contributed by atoms with E-state index in [1.54, 1.807) is 7.11 Å². The van der Waals surface area contributed by atoms with Crippen molar-refractivity contribution in [1.29, 1.82) is 0 Å². The Balaban J connectivity index is 2.89. The van der Waals surface area contributed by atoms with Crippen molar-refractivity contribution in [3.8, 4) is 0 Å². The van der Waals surface area contributed by atoms with Crippen LogP contribution < -0.4 is 0 Å². The number of hydrogen-bond donors (Lipinski definition) is 0. The second-order valence-corrected chi connectivity index (χ2v) is 8.59. The van der Waals surface area contributed by atoms with Crippen LogP contribution in [0.4, 0.5) is 0 Å². The number of rotatable bonds is 8. The monoisotopic (exact) mass is 278 g/mol. The van der Waals surface area contributed by atoms with Crippen LogP contribution in [0.25, 0.3) is 6.08 Å². The van der Waals surface area contributed by atoms with Gasteiger partial charge in [-0.2, -0.15) is 0 Å². The average molecular weight is 278 g/mol. The molecule has 0 saturated carbocycles. The highest BCUT2D eigenvalue weighted by Gasteiger charge is 2.35. The summed E-state index contributed by atoms with van der Waals surface area (Å²) in [6.07, 6.45) is 2.95. The summed E-state index contributed by atoms with van der Waals surface area (Å²) in [4.78, 5) is 0. The first-order valence-electron chi connectivity index (χ1n) is 7.10. The minimum atomic E-state index is -2.03. The zero-order valence-corrected chi connectivity index (χ0v) is 13.6. The zero-order valence-electron chi connectivity index (χ0n) is 12.6. The van der Waals surface area contributed by atoms with Gasteiger partial charge in [-0.1, -0.05) is 57.7 Å². The van der Waals surface area contributed by atoms with E-state index in [2.05, 4.69) is 51.6 Å². The molecule has 0 spiro atoms. The SMILES string of the molecule is C=Cc1ccc(C(CC)O[Si](CC)(CC)OC)cc1. The molecule has 2 nitrogen and oxygen atoms in total. The Morgan fingerprint density at radius 1 is 1.16 bits per heavy atom. The van der Waals surface area contributed by atoms with E-state index in [4.69, 9.17) is 8.85 Å². The molecule has 3 heteroatoms. The summed E-state index contributed by atoms with van der Waals surface area (Å²) in [5, 5.41) is 0. The van der Waals surface area contributed by atoms with Crippen molar-refractivity contribution < 1.29 is 8.85 Å². The van der Waals surface area contributed by atoms with Gasteiger partial charge < -0.3 is 8.85 Å². The fourth-order valence-electron chi connectivity index (χ4n) is 2.25. The maximum absolute atomic E-state index is 6.39. The van der Waals surface area contributed by atoms with Crippen LogP contribution in [-0.4, -0.2) is 15.7 Å². The van der Waals surface area contributed by atoms with Crippen LogP contribution in [0.15, 0.2) is 30.8 Å². The van der Waals surface area contributed by atoms with Gasteiger partial charge in [0.15, 0.2) is 0 Å². The first-order valence-corrected chi connectivity index (χ1v) is 9.33. The highest BCUT2D eigenvalue weighted by Crippen LogP contribution is 2.29. The first-order chi connectivity index (χ1) is 9.14. The van der Waals surface area contributed by atoms with E-state index < -0.39 is 8.56 Å². The lowest BCUT2D eigenvalue weighted by atomic mass is 10.1. The molecule has 0 bridgehead atoms. The minimum absolute atomic E-state index is 0.130. The van der Waals surface area contributed by atoms with E-state index in [0.29, 0.717) is 0 Å². The normalized spacial score (nSPS) is 13.3. The zero-order chi connectivity index (χ0) is 14.3. The number of benzene rings is 1. The summed E-state index contributed by atoms with van der Waals surface area (Å²) in [6.45, 7) is 10.3. The fourth-order valence-corrected chi connectivity index (χ4v) is 4.57. The molecular weight excluding hydrogens is 252 g/mol. The van der Waals surface area contributed by atoms with Crippen LogP contribution in [0.3, 0.4) is 0 Å². The van der Waals surface area contributed by atoms with E-state index in [-0.39, 0.29) is 6.10 Å². The van der Waals surface area contributed by atoms with Gasteiger partial charge in [-0.3, -0.25) is 0 Å². The molecule has 1 aromatic rings. The smallest absolute Gasteiger partial charge is 0.337 e. The van der Waals surface area contributed by atoms with Crippen LogP contribution in [0.1, 0.15) is 44.4 Å². The molecule has 1 rings (SSSR count). The predicted octanol–water partition coefficient (Wildman–Crippen LogP) is 4.93. The summed E-state index contributed by atoms with van der Waals surface area (Å²) in [5.74, 6) is 0. The molecule has 0 radical (unpaired) electrons. The van der Waals surface area contributed by atoms with Crippen molar-refractivity contribution in [3.63, 3.8) is 0 Å². The molecule has 0 N–H and O–H groups in total. The third kappa shape index (κ3) is 4.03. The first kappa shape index (κ1) is 16.2. The summed E-state index contributed by atoms with van der Waals surface area (Å²) < 4.78 is 12.1. The van der Waals surface area contributed by atoms with Gasteiger partial charge in [-0.05, 0) is 29.6 Å². The van der Waals surface area contributed by atoms with Gasteiger partial charge >= 0.3 is 8.56 Å². The summed E-state index contributed by atoms with van der Waals surface area (Å²) in [7, 11) is -0.242. The van der Waals surface area contributed by atoms with Gasteiger partial charge in [-0.15, -0.1) is 0 Å². The van der Waals surface area contributed by atoms with Crippen molar-refractivity contribution in [2.45, 2.75) is 45.4 Å². The molecule has 0 aliphatic carbocycles. The quantitative estimate of drug-likeness (QED) is 0.628. The molecule has 19 heavy (non-hydrogen) atoms. The largest absolute Gasteiger partial charge is 0.398 e. The van der Waals surface area contributed by atoms with Crippen molar-refractivity contribution in [2.75, 3.05) is 7.11 Å². The Bertz CT molecular complexity index is 374. The Labute approximate surface area is 118 Å². The molecule has 0 aliphatic heterocycles. The predicted molar refractivity (Wildman–Crippen MR) is 84.4 cm³/mol. The van der Waals surface area contributed by atoms with Crippen molar-refractivity contribution >= 4 is 14.6 Å². The maximum Gasteiger partial charge on any atom is 0.337 e. The van der Waals surface area contributed by atoms with Crippen LogP contribution in [0.2, 0.25) is 12.1 Å². The standard InChI is InChI=1S/C16H26O2Si/c1-6-14-10-12-15(13-11-14)16(7-2)18-19(8-3,9-4)17-5/h6,10-13,16H,1,7-9H2,2-5H3. The molecule has 0 heterocycles. The molecule has 0 amide bonds. The topological polar surface area (TPSA) is 18.5 Å². The molecule has 0 aromatic heterocycles. The Kier molecular flexibility index (Phi) is 6.49. The van der Waals surface area contributed by atoms with Gasteiger partial charge in [0.2, 0.25) is 0 Å². The minimum Gasteiger partial charge on any atom is -0.398 e. The highest BCUT2D eigenvalue weighted by molar-refractivity contribution is 6.67. The Morgan fingerprint density at radius 3 is 2.11 bits per heavy atom. The molecule has 0 aliphatic rings. The van der Waals surface area contributed by atoms with Crippen molar-refractivity contribution in [2.24, 2.45) is 0 Å². The average Bonchev–Trinajstić information content (AvgIpc) is 2.50. The van der Waals surface area contributed by atoms with Crippen molar-refractivity contribution in [1.82, 2.24) is 0 Å². The van der Waals surface area contributed by atoms with Crippen LogP contribution >= 0.6 is 0 Å². The van der Waals surface area contributed by atoms with Gasteiger partial charge in [0, 0.05) is 7.11 Å². The lowest BCUT2D eigenvalue weighted by Gasteiger charge is -2.31. The van der Waals surface area contributed by atoms with E-state index in [9.17, 15) is 0 Å². The van der Waals surface area contributed by atoms with Crippen LogP contribution in [-0.2, 0) is 8.85 Å². The van der Waals surface area contributed by atoms with Gasteiger partial charge in [0.1, 0.15) is 0 Å². The maximum atomic E-state index is 6.39.